The van der Waals surface area contributed by atoms with Crippen molar-refractivity contribution in [1.82, 2.24) is 4.90 Å². The highest BCUT2D eigenvalue weighted by Crippen LogP contribution is 2.65. The smallest absolute Gasteiger partial charge is 0.181 e. The molecule has 1 aromatic rings. The van der Waals surface area contributed by atoms with Crippen molar-refractivity contribution in [3.8, 4) is 6.07 Å². The van der Waals surface area contributed by atoms with Crippen molar-refractivity contribution in [3.05, 3.63) is 59.9 Å². The second-order valence-electron chi connectivity index (χ2n) is 7.76. The van der Waals surface area contributed by atoms with Crippen LogP contribution in [0.25, 0.3) is 0 Å². The number of nitriles is 1. The number of benzene rings is 1. The van der Waals surface area contributed by atoms with Gasteiger partial charge in [0.2, 0.25) is 0 Å². The van der Waals surface area contributed by atoms with Gasteiger partial charge in [-0.2, -0.15) is 5.26 Å². The van der Waals surface area contributed by atoms with Gasteiger partial charge in [0.05, 0.1) is 11.8 Å². The van der Waals surface area contributed by atoms with Crippen LogP contribution >= 0.6 is 0 Å². The summed E-state index contributed by atoms with van der Waals surface area (Å²) in [5.74, 6) is 0. The Morgan fingerprint density at radius 1 is 1.20 bits per heavy atom. The third kappa shape index (κ3) is 2.07. The van der Waals surface area contributed by atoms with Crippen LogP contribution in [0.4, 0.5) is 0 Å². The fraction of sp³-hybridized carbons (Fsp3) is 0.500. The largest absolute Gasteiger partial charge is 0.338 e. The molecule has 3 aliphatic rings. The fourth-order valence-corrected chi connectivity index (χ4v) is 5.08. The van der Waals surface area contributed by atoms with Crippen LogP contribution in [0, 0.1) is 16.7 Å². The van der Waals surface area contributed by atoms with Gasteiger partial charge in [0.1, 0.15) is 5.60 Å². The summed E-state index contributed by atoms with van der Waals surface area (Å²) < 4.78 is 7.00. The van der Waals surface area contributed by atoms with Crippen LogP contribution in [-0.2, 0) is 10.5 Å². The number of rotatable bonds is 2. The van der Waals surface area contributed by atoms with Crippen molar-refractivity contribution in [2.45, 2.75) is 63.7 Å². The first kappa shape index (κ1) is 16.4. The Bertz CT molecular complexity index is 754. The molecule has 0 bridgehead atoms. The van der Waals surface area contributed by atoms with Gasteiger partial charge in [-0.1, -0.05) is 62.6 Å². The van der Waals surface area contributed by atoms with Crippen molar-refractivity contribution in [1.29, 1.82) is 5.26 Å². The van der Waals surface area contributed by atoms with Crippen LogP contribution in [0.15, 0.2) is 54.4 Å². The maximum absolute atomic E-state index is 9.40. The molecular weight excluding hydrogens is 308 g/mol. The first-order valence-electron chi connectivity index (χ1n) is 9.47. The molecule has 1 aliphatic carbocycles. The minimum atomic E-state index is -0.526. The molecule has 1 saturated carbocycles. The van der Waals surface area contributed by atoms with Crippen molar-refractivity contribution in [2.24, 2.45) is 5.41 Å². The number of nitrogens with zero attached hydrogens (tertiary/aromatic N) is 2. The zero-order chi connectivity index (χ0) is 17.5. The lowest BCUT2D eigenvalue weighted by Gasteiger charge is -2.48. The van der Waals surface area contributed by atoms with Gasteiger partial charge >= 0.3 is 0 Å². The summed E-state index contributed by atoms with van der Waals surface area (Å²) in [4.78, 5) is 2.26. The molecule has 3 nitrogen and oxygen atoms in total. The van der Waals surface area contributed by atoms with E-state index in [1.54, 1.807) is 6.08 Å². The molecule has 2 aliphatic heterocycles. The molecule has 25 heavy (non-hydrogen) atoms. The number of hydrogen-bond donors (Lipinski definition) is 0. The van der Waals surface area contributed by atoms with Crippen LogP contribution in [0.1, 0.15) is 57.9 Å². The van der Waals surface area contributed by atoms with E-state index in [1.807, 2.05) is 0 Å². The predicted molar refractivity (Wildman–Crippen MR) is 98.1 cm³/mol. The minimum Gasteiger partial charge on any atom is -0.338 e. The first-order valence-corrected chi connectivity index (χ1v) is 9.47. The van der Waals surface area contributed by atoms with Crippen LogP contribution < -0.4 is 0 Å². The Labute approximate surface area is 150 Å². The maximum Gasteiger partial charge on any atom is 0.181 e. The Morgan fingerprint density at radius 3 is 2.56 bits per heavy atom. The Hall–Kier alpha value is -2.05. The molecule has 2 atom stereocenters. The van der Waals surface area contributed by atoms with Crippen LogP contribution in [0.3, 0.4) is 0 Å². The molecule has 2 heterocycles. The molecule has 1 aromatic carbocycles. The van der Waals surface area contributed by atoms with E-state index in [0.717, 1.165) is 25.0 Å². The summed E-state index contributed by atoms with van der Waals surface area (Å²) in [6.45, 7) is 4.27. The second-order valence-corrected chi connectivity index (χ2v) is 7.76. The van der Waals surface area contributed by atoms with E-state index in [1.165, 1.54) is 24.8 Å². The molecular formula is C22H26N2O. The zero-order valence-electron chi connectivity index (χ0n) is 15.2. The van der Waals surface area contributed by atoms with E-state index in [0.29, 0.717) is 0 Å². The molecule has 0 radical (unpaired) electrons. The van der Waals surface area contributed by atoms with Crippen molar-refractivity contribution in [2.75, 3.05) is 0 Å². The minimum absolute atomic E-state index is 0.0198. The summed E-state index contributed by atoms with van der Waals surface area (Å²) >= 11 is 0. The Balaban J connectivity index is 1.95. The molecule has 0 N–H and O–H groups in total. The van der Waals surface area contributed by atoms with Crippen LogP contribution in [0.2, 0.25) is 0 Å². The average molecular weight is 334 g/mol. The van der Waals surface area contributed by atoms with E-state index in [9.17, 15) is 5.26 Å². The standard InChI is InChI=1S/C22H26N2O/c1-3-20(2)19(12-16-23)24-17-15-21(13-8-5-9-14-21)22(24,25-20)18-10-6-4-7-11-18/h4,6-7,10-12,15,17H,3,5,8-9,13-14H2,1-2H3/b19-12-. The summed E-state index contributed by atoms with van der Waals surface area (Å²) in [6, 6.07) is 12.9. The number of hydrogen-bond acceptors (Lipinski definition) is 3. The van der Waals surface area contributed by atoms with Crippen molar-refractivity contribution >= 4 is 0 Å². The molecule has 130 valence electrons. The Kier molecular flexibility index (Phi) is 3.77. The fourth-order valence-electron chi connectivity index (χ4n) is 5.08. The number of allylic oxidation sites excluding steroid dienone is 1. The highest BCUT2D eigenvalue weighted by molar-refractivity contribution is 5.42. The highest BCUT2D eigenvalue weighted by atomic mass is 16.6. The summed E-state index contributed by atoms with van der Waals surface area (Å²) in [5, 5.41) is 9.40. The maximum atomic E-state index is 9.40. The number of ether oxygens (including phenoxy) is 1. The molecule has 1 spiro atoms. The van der Waals surface area contributed by atoms with Crippen molar-refractivity contribution < 1.29 is 4.74 Å². The molecule has 0 amide bonds. The SMILES string of the molecule is CCC1(C)OC2(c3ccccc3)N(C=CC23CCCCC3)/C1=C\C#N. The lowest BCUT2D eigenvalue weighted by molar-refractivity contribution is -0.192. The second kappa shape index (κ2) is 5.75. The molecule has 0 aromatic heterocycles. The monoisotopic (exact) mass is 334 g/mol. The van der Waals surface area contributed by atoms with Gasteiger partial charge in [-0.25, -0.2) is 0 Å². The van der Waals surface area contributed by atoms with Gasteiger partial charge in [0.15, 0.2) is 5.72 Å². The average Bonchev–Trinajstić information content (AvgIpc) is 3.09. The highest BCUT2D eigenvalue weighted by Gasteiger charge is 2.66. The summed E-state index contributed by atoms with van der Waals surface area (Å²) in [6.07, 6.45) is 13.1. The van der Waals surface area contributed by atoms with Gasteiger partial charge in [-0.15, -0.1) is 0 Å². The normalized spacial score (nSPS) is 34.4. The number of fused-ring (bicyclic) bond motifs is 2. The topological polar surface area (TPSA) is 36.3 Å². The summed E-state index contributed by atoms with van der Waals surface area (Å²) in [7, 11) is 0. The molecule has 3 heteroatoms. The molecule has 1 saturated heterocycles. The molecule has 2 unspecified atom stereocenters. The molecule has 4 rings (SSSR count). The lowest BCUT2D eigenvalue weighted by Crippen LogP contribution is -2.50. The summed E-state index contributed by atoms with van der Waals surface area (Å²) in [5.41, 5.74) is 1.19. The Morgan fingerprint density at radius 2 is 1.92 bits per heavy atom. The zero-order valence-corrected chi connectivity index (χ0v) is 15.2. The van der Waals surface area contributed by atoms with Gasteiger partial charge in [-0.3, -0.25) is 0 Å². The van der Waals surface area contributed by atoms with E-state index in [4.69, 9.17) is 4.74 Å². The van der Waals surface area contributed by atoms with Gasteiger partial charge < -0.3 is 9.64 Å². The van der Waals surface area contributed by atoms with Gasteiger partial charge in [0, 0.05) is 23.3 Å². The third-order valence-electron chi connectivity index (χ3n) is 6.52. The quantitative estimate of drug-likeness (QED) is 0.695. The molecule has 2 fully saturated rings. The van der Waals surface area contributed by atoms with Gasteiger partial charge in [-0.05, 0) is 26.2 Å². The third-order valence-corrected chi connectivity index (χ3v) is 6.52. The van der Waals surface area contributed by atoms with E-state index in [2.05, 4.69) is 67.4 Å². The predicted octanol–water partition coefficient (Wildman–Crippen LogP) is 5.23. The van der Waals surface area contributed by atoms with E-state index >= 15 is 0 Å². The first-order chi connectivity index (χ1) is 12.1. The van der Waals surface area contributed by atoms with Crippen molar-refractivity contribution in [3.63, 3.8) is 0 Å². The van der Waals surface area contributed by atoms with Crippen LogP contribution in [0.5, 0.6) is 0 Å². The lowest BCUT2D eigenvalue weighted by atomic mass is 9.66. The van der Waals surface area contributed by atoms with Crippen LogP contribution in [-0.4, -0.2) is 10.5 Å². The van der Waals surface area contributed by atoms with E-state index < -0.39 is 11.3 Å². The van der Waals surface area contributed by atoms with Gasteiger partial charge in [0.25, 0.3) is 0 Å². The van der Waals surface area contributed by atoms with E-state index in [-0.39, 0.29) is 5.41 Å².